The molecule has 176 valence electrons. The molecule has 2 aliphatic heterocycles. The molecule has 0 radical (unpaired) electrons. The summed E-state index contributed by atoms with van der Waals surface area (Å²) in [7, 11) is 0. The predicted octanol–water partition coefficient (Wildman–Crippen LogP) is 6.07. The normalized spacial score (nSPS) is 16.8. The number of rotatable bonds is 1. The molecule has 3 heteroatoms. The van der Waals surface area contributed by atoms with Crippen LogP contribution in [0.25, 0.3) is 39.4 Å². The molecule has 1 unspecified atom stereocenters. The number of aromatic nitrogens is 1. The molecule has 4 aromatic carbocycles. The Morgan fingerprint density at radius 2 is 1.49 bits per heavy atom. The number of aryl methyl sites for hydroxylation is 1. The smallest absolute Gasteiger partial charge is 0.137 e. The average Bonchev–Trinajstić information content (AvgIpc) is 3.50. The number of nitrogens with zero attached hydrogens (tertiary/aromatic N) is 2. The summed E-state index contributed by atoms with van der Waals surface area (Å²) in [4.78, 5) is 2.53. The van der Waals surface area contributed by atoms with Crippen LogP contribution in [0.2, 0.25) is 0 Å². The average molecular weight is 476 g/mol. The van der Waals surface area contributed by atoms with Crippen molar-refractivity contribution in [2.24, 2.45) is 0 Å². The zero-order valence-electron chi connectivity index (χ0n) is 20.6. The van der Waals surface area contributed by atoms with Crippen LogP contribution in [-0.4, -0.2) is 16.4 Å². The first-order chi connectivity index (χ1) is 18.2. The van der Waals surface area contributed by atoms with Gasteiger partial charge < -0.3 is 4.90 Å². The minimum atomic E-state index is 0.200. The molecule has 1 N–H and O–H groups in total. The monoisotopic (exact) mass is 475 g/mol. The molecule has 8 rings (SSSR count). The van der Waals surface area contributed by atoms with E-state index in [0.29, 0.717) is 5.84 Å². The van der Waals surface area contributed by atoms with Crippen LogP contribution in [0.3, 0.4) is 0 Å². The summed E-state index contributed by atoms with van der Waals surface area (Å²) in [5.74, 6) is 0.517. The Morgan fingerprint density at radius 3 is 2.32 bits per heavy atom. The van der Waals surface area contributed by atoms with Crippen molar-refractivity contribution in [2.75, 3.05) is 4.90 Å². The van der Waals surface area contributed by atoms with Gasteiger partial charge in [-0.15, -0.1) is 0 Å². The third-order valence-corrected chi connectivity index (χ3v) is 8.16. The highest BCUT2D eigenvalue weighted by molar-refractivity contribution is 6.08. The van der Waals surface area contributed by atoms with Crippen LogP contribution < -0.4 is 15.5 Å². The molecule has 3 nitrogen and oxygen atoms in total. The number of hydrogen-bond donors (Lipinski definition) is 1. The second kappa shape index (κ2) is 7.44. The number of fused-ring (bicyclic) bond motifs is 11. The maximum absolute atomic E-state index is 9.37. The Labute approximate surface area is 215 Å². The van der Waals surface area contributed by atoms with Gasteiger partial charge in [-0.2, -0.15) is 0 Å². The maximum atomic E-state index is 9.37. The van der Waals surface area contributed by atoms with Gasteiger partial charge in [0.15, 0.2) is 0 Å². The van der Waals surface area contributed by atoms with Crippen molar-refractivity contribution in [1.82, 2.24) is 4.57 Å². The van der Waals surface area contributed by atoms with E-state index >= 15 is 0 Å². The standard InChI is InChI=1S/C34H25N3/c1-21-14-16-22(17-15-21)34(35)37-30-13-7-5-11-26(30)27-18-19-31-28(33(27)37)20-32-25-10-3-2-8-23(25)24-9-4-6-12-29(24)36(31)32/h2-18,20,31,35H,19H2,1H3. The number of benzene rings is 4. The lowest BCUT2D eigenvalue weighted by atomic mass is 9.91. The van der Waals surface area contributed by atoms with Gasteiger partial charge >= 0.3 is 0 Å². The number of anilines is 1. The molecule has 0 fully saturated rings. The quantitative estimate of drug-likeness (QED) is 0.232. The highest BCUT2D eigenvalue weighted by atomic mass is 15.2. The van der Waals surface area contributed by atoms with Crippen molar-refractivity contribution in [2.45, 2.75) is 19.4 Å². The molecule has 0 saturated heterocycles. The largest absolute Gasteiger partial charge is 0.332 e. The van der Waals surface area contributed by atoms with E-state index < -0.39 is 0 Å². The lowest BCUT2D eigenvalue weighted by Gasteiger charge is -2.36. The van der Waals surface area contributed by atoms with Gasteiger partial charge in [-0.05, 0) is 37.1 Å². The van der Waals surface area contributed by atoms with Gasteiger partial charge in [0.2, 0.25) is 0 Å². The van der Waals surface area contributed by atoms with Crippen molar-refractivity contribution in [3.05, 3.63) is 130 Å². The zero-order valence-corrected chi connectivity index (χ0v) is 20.6. The molecule has 5 aromatic rings. The Morgan fingerprint density at radius 1 is 0.784 bits per heavy atom. The van der Waals surface area contributed by atoms with Crippen molar-refractivity contribution >= 4 is 39.8 Å². The van der Waals surface area contributed by atoms with E-state index in [0.717, 1.165) is 22.9 Å². The number of para-hydroxylation sites is 2. The molecule has 1 atom stereocenters. The van der Waals surface area contributed by atoms with E-state index in [4.69, 9.17) is 0 Å². The maximum Gasteiger partial charge on any atom is 0.137 e. The van der Waals surface area contributed by atoms with E-state index in [1.165, 1.54) is 49.8 Å². The van der Waals surface area contributed by atoms with E-state index in [9.17, 15) is 5.41 Å². The first-order valence-electron chi connectivity index (χ1n) is 12.9. The lowest BCUT2D eigenvalue weighted by Crippen LogP contribution is -2.43. The van der Waals surface area contributed by atoms with E-state index in [1.807, 2.05) is 0 Å². The fourth-order valence-electron chi connectivity index (χ4n) is 6.49. The molecule has 0 bridgehead atoms. The van der Waals surface area contributed by atoms with E-state index in [1.54, 1.807) is 0 Å². The zero-order chi connectivity index (χ0) is 24.7. The molecule has 3 heterocycles. The van der Waals surface area contributed by atoms with Gasteiger partial charge in [0.05, 0.1) is 22.6 Å². The molecule has 0 amide bonds. The van der Waals surface area contributed by atoms with Crippen LogP contribution in [0.4, 0.5) is 5.69 Å². The van der Waals surface area contributed by atoms with Gasteiger partial charge in [-0.1, -0.05) is 96.6 Å². The van der Waals surface area contributed by atoms with Crippen LogP contribution in [-0.2, 0) is 0 Å². The van der Waals surface area contributed by atoms with Crippen molar-refractivity contribution in [3.63, 3.8) is 0 Å². The Bertz CT molecular complexity index is 1940. The summed E-state index contributed by atoms with van der Waals surface area (Å²) in [5.41, 5.74) is 10.9. The van der Waals surface area contributed by atoms with Gasteiger partial charge in [0.25, 0.3) is 0 Å². The van der Waals surface area contributed by atoms with Crippen molar-refractivity contribution < 1.29 is 0 Å². The molecule has 1 aromatic heterocycles. The summed E-state index contributed by atoms with van der Waals surface area (Å²) in [6.07, 6.45) is 5.72. The summed E-state index contributed by atoms with van der Waals surface area (Å²) >= 11 is 0. The molecular formula is C34H25N3. The first-order valence-corrected chi connectivity index (χ1v) is 12.9. The second-order valence-electron chi connectivity index (χ2n) is 10.2. The van der Waals surface area contributed by atoms with Crippen LogP contribution in [0.5, 0.6) is 0 Å². The summed E-state index contributed by atoms with van der Waals surface area (Å²) < 4.78 is 2.18. The third kappa shape index (κ3) is 2.74. The molecular weight excluding hydrogens is 450 g/mol. The lowest BCUT2D eigenvalue weighted by molar-refractivity contribution is 0.836. The minimum Gasteiger partial charge on any atom is -0.332 e. The van der Waals surface area contributed by atoms with Crippen LogP contribution in [0.15, 0.2) is 103 Å². The van der Waals surface area contributed by atoms with Crippen LogP contribution in [0.1, 0.15) is 23.1 Å². The first kappa shape index (κ1) is 20.6. The Kier molecular flexibility index (Phi) is 4.13. The number of hydrogen-bond acceptors (Lipinski definition) is 2. The Hall–Kier alpha value is -4.63. The summed E-state index contributed by atoms with van der Waals surface area (Å²) in [6.45, 7) is 2.09. The van der Waals surface area contributed by atoms with Gasteiger partial charge in [-0.25, -0.2) is 0 Å². The highest BCUT2D eigenvalue weighted by Gasteiger charge is 2.39. The van der Waals surface area contributed by atoms with Gasteiger partial charge in [0, 0.05) is 38.6 Å². The summed E-state index contributed by atoms with van der Waals surface area (Å²) in [5, 5.41) is 13.0. The Balaban J connectivity index is 1.47. The van der Waals surface area contributed by atoms with Gasteiger partial charge in [-0.3, -0.25) is 9.98 Å². The highest BCUT2D eigenvalue weighted by Crippen LogP contribution is 2.50. The van der Waals surface area contributed by atoms with Crippen molar-refractivity contribution in [1.29, 1.82) is 5.41 Å². The van der Waals surface area contributed by atoms with Crippen LogP contribution in [0, 0.1) is 12.3 Å². The topological polar surface area (TPSA) is 32.0 Å². The van der Waals surface area contributed by atoms with E-state index in [-0.39, 0.29) is 6.04 Å². The molecule has 1 aliphatic carbocycles. The number of nitrogens with one attached hydrogen (secondary N) is 1. The molecule has 3 aliphatic rings. The van der Waals surface area contributed by atoms with E-state index in [2.05, 4.69) is 126 Å². The van der Waals surface area contributed by atoms with Crippen molar-refractivity contribution in [3.8, 4) is 11.1 Å². The predicted molar refractivity (Wildman–Crippen MR) is 153 cm³/mol. The van der Waals surface area contributed by atoms with Gasteiger partial charge in [0.1, 0.15) is 5.84 Å². The fourth-order valence-corrected chi connectivity index (χ4v) is 6.49. The second-order valence-corrected chi connectivity index (χ2v) is 10.2. The molecule has 37 heavy (non-hydrogen) atoms. The molecule has 0 saturated carbocycles. The van der Waals surface area contributed by atoms with Crippen LogP contribution >= 0.6 is 0 Å². The minimum absolute atomic E-state index is 0.200. The molecule has 0 spiro atoms. The third-order valence-electron chi connectivity index (χ3n) is 8.16. The SMILES string of the molecule is Cc1ccc(C(=N)n2c3c(c4ccccc42)=CCC2C=3C=C3c4ccccc4-c4ccccc4N32)cc1. The fraction of sp³-hybridized carbons (Fsp3) is 0.0882. The summed E-state index contributed by atoms with van der Waals surface area (Å²) in [6, 6.07) is 34.6.